The topological polar surface area (TPSA) is 76.7 Å². The summed E-state index contributed by atoms with van der Waals surface area (Å²) in [6.07, 6.45) is 5.05. The Morgan fingerprint density at radius 1 is 0.619 bits per heavy atom. The van der Waals surface area contributed by atoms with Crippen molar-refractivity contribution in [2.45, 2.75) is 103 Å². The van der Waals surface area contributed by atoms with Crippen LogP contribution in [0.15, 0.2) is 60.7 Å². The molecule has 0 aromatic heterocycles. The van der Waals surface area contributed by atoms with Crippen LogP contribution in [0.4, 0.5) is 9.59 Å². The number of fused-ring (bicyclic) bond motifs is 2. The van der Waals surface area contributed by atoms with Gasteiger partial charge in [0.05, 0.1) is 12.1 Å². The van der Waals surface area contributed by atoms with Crippen LogP contribution in [0.25, 0.3) is 22.3 Å². The van der Waals surface area contributed by atoms with Crippen molar-refractivity contribution in [3.63, 3.8) is 0 Å². The Hall–Kier alpha value is -3.80. The molecular formula is C36H44N2O4. The average molecular weight is 569 g/mol. The molecule has 6 heteroatoms. The second-order valence-corrected chi connectivity index (χ2v) is 13.5. The van der Waals surface area contributed by atoms with Crippen molar-refractivity contribution in [2.24, 2.45) is 0 Å². The average Bonchev–Trinajstić information content (AvgIpc) is 2.91. The van der Waals surface area contributed by atoms with E-state index < -0.39 is 11.2 Å². The van der Waals surface area contributed by atoms with Gasteiger partial charge in [0.25, 0.3) is 0 Å². The van der Waals surface area contributed by atoms with Crippen LogP contribution in [-0.2, 0) is 22.3 Å². The Labute approximate surface area is 250 Å². The third-order valence-corrected chi connectivity index (χ3v) is 7.90. The van der Waals surface area contributed by atoms with Gasteiger partial charge in [0, 0.05) is 0 Å². The summed E-state index contributed by atoms with van der Waals surface area (Å²) in [5.74, 6) is 0. The summed E-state index contributed by atoms with van der Waals surface area (Å²) in [5, 5.41) is 6.20. The van der Waals surface area contributed by atoms with E-state index in [4.69, 9.17) is 9.47 Å². The minimum absolute atomic E-state index is 0.0547. The van der Waals surface area contributed by atoms with Gasteiger partial charge < -0.3 is 20.1 Å². The summed E-state index contributed by atoms with van der Waals surface area (Å²) >= 11 is 0. The second kappa shape index (κ2) is 11.8. The van der Waals surface area contributed by atoms with Gasteiger partial charge >= 0.3 is 12.2 Å². The highest BCUT2D eigenvalue weighted by Crippen LogP contribution is 2.39. The standard InChI is InChI=1S/C36H44N2O4/c1-35(2,3)41-33(39)37-31-17-9-13-27-25(11-7-15-29(27)31)23-19-21-24(22-20-23)26-12-8-16-30-28(26)14-10-18-32(30)38-34(40)42-36(4,5)6/h7-8,11-12,15-16,19-22,31-32H,9-10,13-14,17-18H2,1-6H3,(H,37,39)(H,38,40)/t31-,32-/m1/s1. The Kier molecular flexibility index (Phi) is 8.36. The fraction of sp³-hybridized carbons (Fsp3) is 0.444. The number of carbonyl (C=O) groups excluding carboxylic acids is 2. The lowest BCUT2D eigenvalue weighted by molar-refractivity contribution is 0.0487. The van der Waals surface area contributed by atoms with E-state index in [1.54, 1.807) is 0 Å². The molecule has 0 bridgehead atoms. The predicted octanol–water partition coefficient (Wildman–Crippen LogP) is 8.82. The summed E-state index contributed by atoms with van der Waals surface area (Å²) in [6, 6.07) is 21.5. The molecule has 2 aliphatic rings. The molecule has 0 fully saturated rings. The maximum absolute atomic E-state index is 12.5. The van der Waals surface area contributed by atoms with Crippen LogP contribution in [0, 0.1) is 0 Å². The molecule has 3 aromatic rings. The van der Waals surface area contributed by atoms with Crippen LogP contribution in [-0.4, -0.2) is 23.4 Å². The molecule has 2 amide bonds. The summed E-state index contributed by atoms with van der Waals surface area (Å²) in [5.41, 5.74) is 8.65. The van der Waals surface area contributed by atoms with E-state index in [-0.39, 0.29) is 24.3 Å². The Morgan fingerprint density at radius 3 is 1.36 bits per heavy atom. The van der Waals surface area contributed by atoms with E-state index in [0.29, 0.717) is 0 Å². The van der Waals surface area contributed by atoms with E-state index in [0.717, 1.165) is 38.5 Å². The van der Waals surface area contributed by atoms with Crippen molar-refractivity contribution in [3.05, 3.63) is 82.9 Å². The van der Waals surface area contributed by atoms with Crippen LogP contribution in [0.3, 0.4) is 0 Å². The quantitative estimate of drug-likeness (QED) is 0.330. The zero-order chi connectivity index (χ0) is 30.1. The van der Waals surface area contributed by atoms with Crippen molar-refractivity contribution < 1.29 is 19.1 Å². The molecule has 0 saturated heterocycles. The normalized spacial score (nSPS) is 18.3. The highest BCUT2D eigenvalue weighted by atomic mass is 16.6. The molecule has 6 nitrogen and oxygen atoms in total. The van der Waals surface area contributed by atoms with E-state index in [1.165, 1.54) is 44.5 Å². The van der Waals surface area contributed by atoms with Crippen molar-refractivity contribution >= 4 is 12.2 Å². The molecule has 0 spiro atoms. The summed E-state index contributed by atoms with van der Waals surface area (Å²) < 4.78 is 11.1. The number of carbonyl (C=O) groups is 2. The molecule has 2 atom stereocenters. The number of ether oxygens (including phenoxy) is 2. The lowest BCUT2D eigenvalue weighted by Crippen LogP contribution is -2.36. The van der Waals surface area contributed by atoms with Gasteiger partial charge in [-0.15, -0.1) is 0 Å². The monoisotopic (exact) mass is 568 g/mol. The molecule has 0 aliphatic heterocycles. The van der Waals surface area contributed by atoms with E-state index in [9.17, 15) is 9.59 Å². The number of alkyl carbamates (subject to hydrolysis) is 2. The van der Waals surface area contributed by atoms with Crippen molar-refractivity contribution in [1.29, 1.82) is 0 Å². The second-order valence-electron chi connectivity index (χ2n) is 13.5. The number of nitrogens with one attached hydrogen (secondary N) is 2. The zero-order valence-electron chi connectivity index (χ0n) is 25.8. The van der Waals surface area contributed by atoms with Gasteiger partial charge in [-0.05, 0) is 125 Å². The summed E-state index contributed by atoms with van der Waals surface area (Å²) in [7, 11) is 0. The van der Waals surface area contributed by atoms with Gasteiger partial charge in [-0.3, -0.25) is 0 Å². The number of hydrogen-bond donors (Lipinski definition) is 2. The fourth-order valence-corrected chi connectivity index (χ4v) is 6.27. The Bertz CT molecular complexity index is 1340. The molecule has 0 radical (unpaired) electrons. The fourth-order valence-electron chi connectivity index (χ4n) is 6.27. The molecule has 222 valence electrons. The molecule has 42 heavy (non-hydrogen) atoms. The van der Waals surface area contributed by atoms with Gasteiger partial charge in [-0.1, -0.05) is 60.7 Å². The van der Waals surface area contributed by atoms with Gasteiger partial charge in [0.2, 0.25) is 0 Å². The molecule has 0 saturated carbocycles. The molecular weight excluding hydrogens is 524 g/mol. The SMILES string of the molecule is CC(C)(C)OC(=O)N[C@@H]1CCCc2c(-c3ccc(-c4cccc5c4CCC[C@H]5NC(=O)OC(C)(C)C)cc3)cccc21. The molecule has 2 N–H and O–H groups in total. The van der Waals surface area contributed by atoms with Crippen LogP contribution in [0.1, 0.15) is 102 Å². The smallest absolute Gasteiger partial charge is 0.408 e. The van der Waals surface area contributed by atoms with Gasteiger partial charge in [-0.2, -0.15) is 0 Å². The first-order chi connectivity index (χ1) is 19.9. The Morgan fingerprint density at radius 2 is 1.00 bits per heavy atom. The van der Waals surface area contributed by atoms with Crippen LogP contribution < -0.4 is 10.6 Å². The number of hydrogen-bond acceptors (Lipinski definition) is 4. The molecule has 5 rings (SSSR count). The van der Waals surface area contributed by atoms with Gasteiger partial charge in [-0.25, -0.2) is 9.59 Å². The highest BCUT2D eigenvalue weighted by molar-refractivity contribution is 5.76. The van der Waals surface area contributed by atoms with E-state index in [1.807, 2.05) is 41.5 Å². The van der Waals surface area contributed by atoms with Crippen LogP contribution in [0.2, 0.25) is 0 Å². The predicted molar refractivity (Wildman–Crippen MR) is 167 cm³/mol. The van der Waals surface area contributed by atoms with E-state index in [2.05, 4.69) is 71.3 Å². The maximum atomic E-state index is 12.5. The first kappa shape index (κ1) is 29.7. The highest BCUT2D eigenvalue weighted by Gasteiger charge is 2.28. The third kappa shape index (κ3) is 6.97. The minimum Gasteiger partial charge on any atom is -0.444 e. The van der Waals surface area contributed by atoms with Gasteiger partial charge in [0.1, 0.15) is 11.2 Å². The maximum Gasteiger partial charge on any atom is 0.408 e. The van der Waals surface area contributed by atoms with Crippen molar-refractivity contribution in [3.8, 4) is 22.3 Å². The summed E-state index contributed by atoms with van der Waals surface area (Å²) in [6.45, 7) is 11.3. The lowest BCUT2D eigenvalue weighted by Gasteiger charge is -2.30. The number of amides is 2. The zero-order valence-corrected chi connectivity index (χ0v) is 25.8. The van der Waals surface area contributed by atoms with E-state index >= 15 is 0 Å². The van der Waals surface area contributed by atoms with Crippen LogP contribution in [0.5, 0.6) is 0 Å². The van der Waals surface area contributed by atoms with Crippen LogP contribution >= 0.6 is 0 Å². The molecule has 3 aromatic carbocycles. The number of benzene rings is 3. The lowest BCUT2D eigenvalue weighted by atomic mass is 9.82. The van der Waals surface area contributed by atoms with Crippen molar-refractivity contribution in [1.82, 2.24) is 10.6 Å². The largest absolute Gasteiger partial charge is 0.444 e. The molecule has 0 heterocycles. The molecule has 2 aliphatic carbocycles. The third-order valence-electron chi connectivity index (χ3n) is 7.90. The minimum atomic E-state index is -0.529. The first-order valence-electron chi connectivity index (χ1n) is 15.2. The van der Waals surface area contributed by atoms with Crippen molar-refractivity contribution in [2.75, 3.05) is 0 Å². The molecule has 0 unspecified atom stereocenters. The van der Waals surface area contributed by atoms with Gasteiger partial charge in [0.15, 0.2) is 0 Å². The first-order valence-corrected chi connectivity index (χ1v) is 15.2. The Balaban J connectivity index is 1.38. The number of rotatable bonds is 4. The summed E-state index contributed by atoms with van der Waals surface area (Å²) in [4.78, 5) is 25.1.